The first-order valence-electron chi connectivity index (χ1n) is 8.52. The molecule has 9 nitrogen and oxygen atoms in total. The number of benzene rings is 2. The minimum atomic E-state index is -4.67. The maximum Gasteiger partial charge on any atom is 0.298 e. The van der Waals surface area contributed by atoms with Gasteiger partial charge in [0, 0.05) is 29.2 Å². The van der Waals surface area contributed by atoms with Crippen LogP contribution in [0.1, 0.15) is 6.92 Å². The van der Waals surface area contributed by atoms with Crippen molar-refractivity contribution in [3.63, 3.8) is 0 Å². The van der Waals surface area contributed by atoms with Crippen LogP contribution in [0.2, 0.25) is 0 Å². The van der Waals surface area contributed by atoms with Crippen LogP contribution < -0.4 is 5.32 Å². The molecule has 0 saturated heterocycles. The lowest BCUT2D eigenvalue weighted by atomic mass is 10.1. The zero-order chi connectivity index (χ0) is 20.6. The Balaban J connectivity index is 1.97. The van der Waals surface area contributed by atoms with E-state index in [0.717, 1.165) is 17.6 Å². The minimum Gasteiger partial charge on any atom is -0.506 e. The number of aromatic nitrogens is 2. The number of phenols is 1. The van der Waals surface area contributed by atoms with Crippen LogP contribution in [0, 0.1) is 0 Å². The van der Waals surface area contributed by atoms with Crippen LogP contribution in [0.4, 0.5) is 16.4 Å². The molecule has 2 heterocycles. The van der Waals surface area contributed by atoms with Crippen LogP contribution in [0.15, 0.2) is 57.7 Å². The SMILES string of the molecule is CCNc1cccc2c(O)c(S(=O)(=O)O)cc(/N=N/c3snc4ncccc34)c12. The molecule has 11 heteroatoms. The van der Waals surface area contributed by atoms with Crippen molar-refractivity contribution in [2.24, 2.45) is 10.2 Å². The Morgan fingerprint density at radius 3 is 2.72 bits per heavy atom. The molecule has 0 fully saturated rings. The molecule has 29 heavy (non-hydrogen) atoms. The Morgan fingerprint density at radius 1 is 1.17 bits per heavy atom. The van der Waals surface area contributed by atoms with Gasteiger partial charge in [-0.05, 0) is 42.7 Å². The molecule has 0 aliphatic heterocycles. The number of azo groups is 1. The summed E-state index contributed by atoms with van der Waals surface area (Å²) in [4.78, 5) is 3.51. The van der Waals surface area contributed by atoms with Gasteiger partial charge < -0.3 is 10.4 Å². The predicted octanol–water partition coefficient (Wildman–Crippen LogP) is 4.64. The van der Waals surface area contributed by atoms with Gasteiger partial charge in [-0.3, -0.25) is 4.55 Å². The summed E-state index contributed by atoms with van der Waals surface area (Å²) in [6.07, 6.45) is 1.62. The molecule has 4 rings (SSSR count). The fourth-order valence-electron chi connectivity index (χ4n) is 2.98. The summed E-state index contributed by atoms with van der Waals surface area (Å²) in [5, 5.41) is 24.0. The number of phenolic OH excluding ortho intramolecular Hbond substituents is 1. The van der Waals surface area contributed by atoms with Gasteiger partial charge in [0.25, 0.3) is 10.1 Å². The van der Waals surface area contributed by atoms with Gasteiger partial charge in [0.2, 0.25) is 0 Å². The molecule has 0 aliphatic carbocycles. The summed E-state index contributed by atoms with van der Waals surface area (Å²) in [5.41, 5.74) is 1.35. The summed E-state index contributed by atoms with van der Waals surface area (Å²) < 4.78 is 37.2. The van der Waals surface area contributed by atoms with Gasteiger partial charge in [0.05, 0.1) is 11.1 Å². The van der Waals surface area contributed by atoms with Gasteiger partial charge in [-0.2, -0.15) is 12.8 Å². The fraction of sp³-hybridized carbons (Fsp3) is 0.111. The number of nitrogens with zero attached hydrogens (tertiary/aromatic N) is 4. The fourth-order valence-corrected chi connectivity index (χ4v) is 4.25. The second kappa shape index (κ2) is 7.35. The summed E-state index contributed by atoms with van der Waals surface area (Å²) >= 11 is 1.11. The summed E-state index contributed by atoms with van der Waals surface area (Å²) in [6.45, 7) is 2.50. The predicted molar refractivity (Wildman–Crippen MR) is 111 cm³/mol. The third-order valence-electron chi connectivity index (χ3n) is 4.21. The van der Waals surface area contributed by atoms with E-state index in [4.69, 9.17) is 0 Å². The first kappa shape index (κ1) is 19.2. The van der Waals surface area contributed by atoms with Crippen molar-refractivity contribution in [1.29, 1.82) is 0 Å². The van der Waals surface area contributed by atoms with E-state index in [1.165, 1.54) is 0 Å². The van der Waals surface area contributed by atoms with Crippen molar-refractivity contribution in [2.45, 2.75) is 11.8 Å². The molecule has 0 bridgehead atoms. The highest BCUT2D eigenvalue weighted by Crippen LogP contribution is 2.43. The molecule has 0 spiro atoms. The van der Waals surface area contributed by atoms with Gasteiger partial charge in [0.1, 0.15) is 10.6 Å². The number of hydrogen-bond donors (Lipinski definition) is 3. The maximum absolute atomic E-state index is 11.8. The topological polar surface area (TPSA) is 137 Å². The van der Waals surface area contributed by atoms with Crippen molar-refractivity contribution in [1.82, 2.24) is 9.36 Å². The molecule has 0 amide bonds. The number of anilines is 1. The van der Waals surface area contributed by atoms with Gasteiger partial charge >= 0.3 is 0 Å². The number of rotatable bonds is 5. The normalized spacial score (nSPS) is 12.2. The van der Waals surface area contributed by atoms with E-state index in [0.29, 0.717) is 33.7 Å². The molecular formula is C18H15N5O4S2. The molecule has 2 aromatic heterocycles. The Hall–Kier alpha value is -3.15. The molecule has 0 radical (unpaired) electrons. The lowest BCUT2D eigenvalue weighted by molar-refractivity contribution is 0.448. The van der Waals surface area contributed by atoms with Crippen molar-refractivity contribution >= 4 is 59.8 Å². The van der Waals surface area contributed by atoms with E-state index in [9.17, 15) is 18.1 Å². The van der Waals surface area contributed by atoms with Crippen molar-refractivity contribution in [3.05, 3.63) is 42.6 Å². The second-order valence-electron chi connectivity index (χ2n) is 6.04. The summed E-state index contributed by atoms with van der Waals surface area (Å²) in [6, 6.07) is 9.65. The van der Waals surface area contributed by atoms with E-state index >= 15 is 0 Å². The van der Waals surface area contributed by atoms with E-state index in [1.807, 2.05) is 13.0 Å². The van der Waals surface area contributed by atoms with Crippen molar-refractivity contribution < 1.29 is 18.1 Å². The number of nitrogens with one attached hydrogen (secondary N) is 1. The van der Waals surface area contributed by atoms with Gasteiger partial charge in [-0.15, -0.1) is 10.2 Å². The quantitative estimate of drug-likeness (QED) is 0.310. The van der Waals surface area contributed by atoms with E-state index < -0.39 is 20.8 Å². The zero-order valence-electron chi connectivity index (χ0n) is 15.1. The van der Waals surface area contributed by atoms with Gasteiger partial charge in [-0.25, -0.2) is 4.98 Å². The van der Waals surface area contributed by atoms with E-state index in [2.05, 4.69) is 24.9 Å². The summed E-state index contributed by atoms with van der Waals surface area (Å²) in [7, 11) is -4.67. The van der Waals surface area contributed by atoms with Crippen molar-refractivity contribution in [2.75, 3.05) is 11.9 Å². The molecule has 0 saturated carbocycles. The van der Waals surface area contributed by atoms with Crippen LogP contribution in [0.25, 0.3) is 21.8 Å². The highest BCUT2D eigenvalue weighted by atomic mass is 32.2. The Bertz CT molecular complexity index is 1370. The third kappa shape index (κ3) is 3.50. The second-order valence-corrected chi connectivity index (χ2v) is 8.18. The molecule has 0 unspecified atom stereocenters. The minimum absolute atomic E-state index is 0.174. The molecular weight excluding hydrogens is 414 g/mol. The monoisotopic (exact) mass is 429 g/mol. The average molecular weight is 429 g/mol. The molecule has 4 aromatic rings. The highest BCUT2D eigenvalue weighted by molar-refractivity contribution is 7.86. The van der Waals surface area contributed by atoms with Crippen LogP contribution >= 0.6 is 11.5 Å². The smallest absolute Gasteiger partial charge is 0.298 e. The Morgan fingerprint density at radius 2 is 1.97 bits per heavy atom. The molecule has 148 valence electrons. The molecule has 0 atom stereocenters. The maximum atomic E-state index is 11.8. The van der Waals surface area contributed by atoms with E-state index in [1.54, 1.807) is 30.5 Å². The lowest BCUT2D eigenvalue weighted by Gasteiger charge is -2.13. The van der Waals surface area contributed by atoms with Crippen LogP contribution in [0.3, 0.4) is 0 Å². The van der Waals surface area contributed by atoms with E-state index in [-0.39, 0.29) is 11.1 Å². The number of pyridine rings is 1. The summed E-state index contributed by atoms with van der Waals surface area (Å²) in [5.74, 6) is -0.548. The van der Waals surface area contributed by atoms with Crippen LogP contribution in [-0.4, -0.2) is 34.0 Å². The molecule has 3 N–H and O–H groups in total. The van der Waals surface area contributed by atoms with Gasteiger partial charge in [0.15, 0.2) is 10.6 Å². The Labute approximate surface area is 169 Å². The Kier molecular flexibility index (Phi) is 4.86. The largest absolute Gasteiger partial charge is 0.506 e. The highest BCUT2D eigenvalue weighted by Gasteiger charge is 2.22. The number of fused-ring (bicyclic) bond motifs is 2. The van der Waals surface area contributed by atoms with Gasteiger partial charge in [-0.1, -0.05) is 12.1 Å². The molecule has 2 aromatic carbocycles. The third-order valence-corrected chi connectivity index (χ3v) is 5.81. The zero-order valence-corrected chi connectivity index (χ0v) is 16.7. The average Bonchev–Trinajstić information content (AvgIpc) is 3.10. The number of aromatic hydroxyl groups is 1. The number of hydrogen-bond acceptors (Lipinski definition) is 9. The molecule has 0 aliphatic rings. The first-order chi connectivity index (χ1) is 13.9. The van der Waals surface area contributed by atoms with Crippen LogP contribution in [0.5, 0.6) is 5.75 Å². The lowest BCUT2D eigenvalue weighted by Crippen LogP contribution is -2.01. The van der Waals surface area contributed by atoms with Crippen molar-refractivity contribution in [3.8, 4) is 5.75 Å². The first-order valence-corrected chi connectivity index (χ1v) is 10.7. The van der Waals surface area contributed by atoms with Crippen LogP contribution in [-0.2, 0) is 10.1 Å². The standard InChI is InChI=1S/C18H15N5O4S2/c1-2-19-12-7-3-5-10-15(12)13(9-14(16(10)24)29(25,26)27)21-22-18-11-6-4-8-20-17(11)23-28-18/h3-9,19,24H,2H2,1H3,(H,25,26,27)/b22-21+.